The average molecular weight is 373 g/mol. The standard InChI is InChI=1S/C20H27N3O4/c1-15(2)14-17(24)22-10-8-20(9-11-22)18(25)23(19(26)21-20)12-13-27-16-6-4-3-5-7-16/h3-7,15H,8-14H2,1-2H3,(H,21,26). The number of piperidine rings is 1. The molecule has 2 aliphatic rings. The fourth-order valence-corrected chi connectivity index (χ4v) is 3.61. The zero-order chi connectivity index (χ0) is 19.4. The zero-order valence-corrected chi connectivity index (χ0v) is 15.9. The first-order valence-corrected chi connectivity index (χ1v) is 9.51. The predicted octanol–water partition coefficient (Wildman–Crippen LogP) is 2.02. The predicted molar refractivity (Wildman–Crippen MR) is 100 cm³/mol. The van der Waals surface area contributed by atoms with Gasteiger partial charge in [0.2, 0.25) is 5.91 Å². The first-order valence-electron chi connectivity index (χ1n) is 9.51. The Kier molecular flexibility index (Phi) is 5.68. The summed E-state index contributed by atoms with van der Waals surface area (Å²) in [5.74, 6) is 0.919. The Morgan fingerprint density at radius 2 is 1.85 bits per heavy atom. The number of carbonyl (C=O) groups excluding carboxylic acids is 3. The maximum Gasteiger partial charge on any atom is 0.325 e. The Morgan fingerprint density at radius 1 is 1.19 bits per heavy atom. The lowest BCUT2D eigenvalue weighted by molar-refractivity contribution is -0.139. The van der Waals surface area contributed by atoms with Gasteiger partial charge in [-0.1, -0.05) is 32.0 Å². The van der Waals surface area contributed by atoms with E-state index in [1.807, 2.05) is 44.2 Å². The molecule has 0 bridgehead atoms. The van der Waals surface area contributed by atoms with E-state index in [-0.39, 0.29) is 31.0 Å². The van der Waals surface area contributed by atoms with Crippen LogP contribution in [0.2, 0.25) is 0 Å². The van der Waals surface area contributed by atoms with Gasteiger partial charge in [0, 0.05) is 19.5 Å². The Morgan fingerprint density at radius 3 is 2.48 bits per heavy atom. The molecule has 27 heavy (non-hydrogen) atoms. The van der Waals surface area contributed by atoms with E-state index in [0.29, 0.717) is 44.0 Å². The molecular formula is C20H27N3O4. The van der Waals surface area contributed by atoms with Crippen LogP contribution in [0.1, 0.15) is 33.1 Å². The Bertz CT molecular complexity index is 696. The van der Waals surface area contributed by atoms with Gasteiger partial charge in [0.1, 0.15) is 17.9 Å². The van der Waals surface area contributed by atoms with Gasteiger partial charge in [0.25, 0.3) is 5.91 Å². The Labute approximate surface area is 159 Å². The van der Waals surface area contributed by atoms with Gasteiger partial charge in [-0.25, -0.2) is 4.79 Å². The quantitative estimate of drug-likeness (QED) is 0.774. The van der Waals surface area contributed by atoms with E-state index < -0.39 is 5.54 Å². The summed E-state index contributed by atoms with van der Waals surface area (Å²) < 4.78 is 5.60. The summed E-state index contributed by atoms with van der Waals surface area (Å²) >= 11 is 0. The van der Waals surface area contributed by atoms with Gasteiger partial charge in [0.05, 0.1) is 6.54 Å². The zero-order valence-electron chi connectivity index (χ0n) is 15.9. The molecule has 2 aliphatic heterocycles. The number of rotatable bonds is 6. The normalized spacial score (nSPS) is 18.9. The lowest BCUT2D eigenvalue weighted by Gasteiger charge is -2.37. The molecule has 0 saturated carbocycles. The van der Waals surface area contributed by atoms with Gasteiger partial charge in [-0.15, -0.1) is 0 Å². The second-order valence-corrected chi connectivity index (χ2v) is 7.61. The molecule has 0 atom stereocenters. The second-order valence-electron chi connectivity index (χ2n) is 7.61. The highest BCUT2D eigenvalue weighted by molar-refractivity contribution is 6.07. The molecule has 7 nitrogen and oxygen atoms in total. The molecule has 0 unspecified atom stereocenters. The molecule has 2 fully saturated rings. The van der Waals surface area contributed by atoms with Crippen molar-refractivity contribution in [3.8, 4) is 5.75 Å². The summed E-state index contributed by atoms with van der Waals surface area (Å²) in [5.41, 5.74) is -0.877. The maximum atomic E-state index is 12.9. The van der Waals surface area contributed by atoms with Crippen molar-refractivity contribution < 1.29 is 19.1 Å². The van der Waals surface area contributed by atoms with Crippen molar-refractivity contribution in [3.63, 3.8) is 0 Å². The van der Waals surface area contributed by atoms with Crippen molar-refractivity contribution in [2.24, 2.45) is 5.92 Å². The van der Waals surface area contributed by atoms with E-state index in [4.69, 9.17) is 4.74 Å². The third-order valence-electron chi connectivity index (χ3n) is 5.13. The van der Waals surface area contributed by atoms with Gasteiger partial charge in [-0.3, -0.25) is 14.5 Å². The molecule has 0 aliphatic carbocycles. The highest BCUT2D eigenvalue weighted by atomic mass is 16.5. The number of nitrogens with zero attached hydrogens (tertiary/aromatic N) is 2. The molecule has 2 saturated heterocycles. The van der Waals surface area contributed by atoms with Gasteiger partial charge in [-0.05, 0) is 30.9 Å². The van der Waals surface area contributed by atoms with Crippen LogP contribution >= 0.6 is 0 Å². The van der Waals surface area contributed by atoms with Crippen LogP contribution in [-0.2, 0) is 9.59 Å². The van der Waals surface area contributed by atoms with E-state index in [9.17, 15) is 14.4 Å². The fourth-order valence-electron chi connectivity index (χ4n) is 3.61. The summed E-state index contributed by atoms with van der Waals surface area (Å²) in [6.07, 6.45) is 1.42. The number of ether oxygens (including phenoxy) is 1. The highest BCUT2D eigenvalue weighted by Gasteiger charge is 2.52. The summed E-state index contributed by atoms with van der Waals surface area (Å²) in [7, 11) is 0. The number of carbonyl (C=O) groups is 3. The Balaban J connectivity index is 1.54. The van der Waals surface area contributed by atoms with Crippen molar-refractivity contribution >= 4 is 17.8 Å². The SMILES string of the molecule is CC(C)CC(=O)N1CCC2(CC1)NC(=O)N(CCOc1ccccc1)C2=O. The van der Waals surface area contributed by atoms with Crippen molar-refractivity contribution in [1.82, 2.24) is 15.1 Å². The molecular weight excluding hydrogens is 346 g/mol. The minimum Gasteiger partial charge on any atom is -0.492 e. The van der Waals surface area contributed by atoms with Crippen LogP contribution < -0.4 is 10.1 Å². The molecule has 146 valence electrons. The topological polar surface area (TPSA) is 79.0 Å². The van der Waals surface area contributed by atoms with Crippen molar-refractivity contribution in [2.45, 2.75) is 38.6 Å². The number of amides is 4. The van der Waals surface area contributed by atoms with Crippen LogP contribution in [0.3, 0.4) is 0 Å². The summed E-state index contributed by atoms with van der Waals surface area (Å²) in [6.45, 7) is 5.46. The van der Waals surface area contributed by atoms with Gasteiger partial charge in [-0.2, -0.15) is 0 Å². The van der Waals surface area contributed by atoms with Crippen LogP contribution in [0.4, 0.5) is 4.79 Å². The van der Waals surface area contributed by atoms with E-state index in [0.717, 1.165) is 0 Å². The molecule has 1 aromatic carbocycles. The van der Waals surface area contributed by atoms with Crippen molar-refractivity contribution in [1.29, 1.82) is 0 Å². The summed E-state index contributed by atoms with van der Waals surface area (Å²) in [6, 6.07) is 8.92. The molecule has 1 aromatic rings. The molecule has 1 N–H and O–H groups in total. The third kappa shape index (κ3) is 4.23. The number of para-hydroxylation sites is 1. The largest absolute Gasteiger partial charge is 0.492 e. The average Bonchev–Trinajstić information content (AvgIpc) is 2.86. The summed E-state index contributed by atoms with van der Waals surface area (Å²) in [4.78, 5) is 40.4. The molecule has 0 aromatic heterocycles. The maximum absolute atomic E-state index is 12.9. The van der Waals surface area contributed by atoms with Gasteiger partial charge in [0.15, 0.2) is 0 Å². The molecule has 4 amide bonds. The number of hydrogen-bond acceptors (Lipinski definition) is 4. The van der Waals surface area contributed by atoms with Crippen LogP contribution in [-0.4, -0.2) is 59.4 Å². The van der Waals surface area contributed by atoms with E-state index in [2.05, 4.69) is 5.32 Å². The first-order chi connectivity index (χ1) is 12.9. The van der Waals surface area contributed by atoms with Crippen LogP contribution in [0.15, 0.2) is 30.3 Å². The van der Waals surface area contributed by atoms with E-state index in [1.165, 1.54) is 4.90 Å². The minimum absolute atomic E-state index is 0.115. The molecule has 3 rings (SSSR count). The van der Waals surface area contributed by atoms with E-state index >= 15 is 0 Å². The summed E-state index contributed by atoms with van der Waals surface area (Å²) in [5, 5.41) is 2.86. The van der Waals surface area contributed by atoms with E-state index in [1.54, 1.807) is 4.90 Å². The first kappa shape index (κ1) is 19.2. The van der Waals surface area contributed by atoms with Gasteiger partial charge < -0.3 is 15.0 Å². The smallest absolute Gasteiger partial charge is 0.325 e. The van der Waals surface area contributed by atoms with Crippen LogP contribution in [0, 0.1) is 5.92 Å². The van der Waals surface area contributed by atoms with Crippen molar-refractivity contribution in [3.05, 3.63) is 30.3 Å². The van der Waals surface area contributed by atoms with Crippen LogP contribution in [0.25, 0.3) is 0 Å². The molecule has 1 spiro atoms. The molecule has 0 radical (unpaired) electrons. The number of urea groups is 1. The Hall–Kier alpha value is -2.57. The third-order valence-corrected chi connectivity index (χ3v) is 5.13. The fraction of sp³-hybridized carbons (Fsp3) is 0.550. The second kappa shape index (κ2) is 7.98. The van der Waals surface area contributed by atoms with Gasteiger partial charge >= 0.3 is 6.03 Å². The number of benzene rings is 1. The number of nitrogens with one attached hydrogen (secondary N) is 1. The lowest BCUT2D eigenvalue weighted by Crippen LogP contribution is -2.56. The monoisotopic (exact) mass is 373 g/mol. The minimum atomic E-state index is -0.877. The molecule has 2 heterocycles. The lowest BCUT2D eigenvalue weighted by atomic mass is 9.87. The number of likely N-dealkylation sites (tertiary alicyclic amines) is 1. The highest BCUT2D eigenvalue weighted by Crippen LogP contribution is 2.30. The number of hydrogen-bond donors (Lipinski definition) is 1. The number of imide groups is 1. The van der Waals surface area contributed by atoms with Crippen LogP contribution in [0.5, 0.6) is 5.75 Å². The van der Waals surface area contributed by atoms with Crippen molar-refractivity contribution in [2.75, 3.05) is 26.2 Å². The molecule has 7 heteroatoms.